The number of fused-ring (bicyclic) bond motifs is 1. The molecular weight excluding hydrogens is 576 g/mol. The van der Waals surface area contributed by atoms with E-state index in [9.17, 15) is 27.2 Å². The molecule has 0 saturated carbocycles. The van der Waals surface area contributed by atoms with Crippen LogP contribution in [0.25, 0.3) is 0 Å². The van der Waals surface area contributed by atoms with Crippen molar-refractivity contribution in [1.29, 1.82) is 0 Å². The number of rotatable bonds is 7. The van der Waals surface area contributed by atoms with Gasteiger partial charge in [0.1, 0.15) is 17.1 Å². The Balaban J connectivity index is 1.83. The van der Waals surface area contributed by atoms with Crippen LogP contribution in [0.4, 0.5) is 39.4 Å². The Kier molecular flexibility index (Phi) is 7.76. The molecule has 4 rings (SSSR count). The molecule has 0 atom stereocenters. The Morgan fingerprint density at radius 1 is 1.11 bits per heavy atom. The fourth-order valence-electron chi connectivity index (χ4n) is 4.15. The van der Waals surface area contributed by atoms with Crippen molar-refractivity contribution in [1.82, 2.24) is 10.3 Å². The first-order valence-corrected chi connectivity index (χ1v) is 12.1. The molecule has 13 heteroatoms. The van der Waals surface area contributed by atoms with E-state index in [0.29, 0.717) is 23.4 Å². The molecule has 0 fully saturated rings. The average molecular weight is 597 g/mol. The number of ether oxygens (including phenoxy) is 1. The van der Waals surface area contributed by atoms with Gasteiger partial charge < -0.3 is 20.1 Å². The summed E-state index contributed by atoms with van der Waals surface area (Å²) >= 11 is 3.33. The van der Waals surface area contributed by atoms with Crippen LogP contribution < -0.4 is 19.9 Å². The van der Waals surface area contributed by atoms with Crippen LogP contribution in [0.3, 0.4) is 0 Å². The van der Waals surface area contributed by atoms with Gasteiger partial charge in [0, 0.05) is 18.3 Å². The molecule has 0 aliphatic carbocycles. The lowest BCUT2D eigenvalue weighted by Gasteiger charge is -2.39. The summed E-state index contributed by atoms with van der Waals surface area (Å²) < 4.78 is 60.4. The maximum Gasteiger partial charge on any atom is 0.416 e. The second-order valence-electron chi connectivity index (χ2n) is 8.30. The molecule has 0 radical (unpaired) electrons. The smallest absolute Gasteiger partial charge is 0.416 e. The predicted octanol–water partition coefficient (Wildman–Crippen LogP) is 5.97. The van der Waals surface area contributed by atoms with Gasteiger partial charge in [0.05, 0.1) is 29.6 Å². The molecule has 38 heavy (non-hydrogen) atoms. The number of nitrogens with zero attached hydrogens (tertiary/aromatic N) is 3. The number of carbonyl (C=O) groups is 2. The van der Waals surface area contributed by atoms with Gasteiger partial charge in [-0.3, -0.25) is 9.69 Å². The number of nitrogens with one attached hydrogen (secondary N) is 1. The zero-order valence-corrected chi connectivity index (χ0v) is 21.4. The first-order valence-electron chi connectivity index (χ1n) is 11.3. The van der Waals surface area contributed by atoms with Crippen LogP contribution in [0.5, 0.6) is 5.88 Å². The minimum Gasteiger partial charge on any atom is -0.481 e. The molecule has 2 amide bonds. The second kappa shape index (κ2) is 10.9. The molecule has 3 aromatic rings. The highest BCUT2D eigenvalue weighted by Crippen LogP contribution is 2.42. The molecule has 1 aliphatic rings. The normalized spacial score (nSPS) is 13.4. The molecule has 1 aliphatic heterocycles. The molecule has 0 spiro atoms. The van der Waals surface area contributed by atoms with Crippen LogP contribution in [0.1, 0.15) is 27.9 Å². The highest BCUT2D eigenvalue weighted by molar-refractivity contribution is 9.10. The number of hydrogen-bond donors (Lipinski definition) is 2. The van der Waals surface area contributed by atoms with E-state index in [1.807, 2.05) is 0 Å². The van der Waals surface area contributed by atoms with Crippen molar-refractivity contribution < 1.29 is 37.0 Å². The van der Waals surface area contributed by atoms with E-state index in [-0.39, 0.29) is 41.4 Å². The van der Waals surface area contributed by atoms with Gasteiger partial charge in [-0.2, -0.15) is 13.2 Å². The second-order valence-corrected chi connectivity index (χ2v) is 9.06. The Hall–Kier alpha value is -3.87. The molecule has 0 saturated heterocycles. The fraction of sp³-hybridized carbons (Fsp3) is 0.240. The van der Waals surface area contributed by atoms with Crippen molar-refractivity contribution in [2.45, 2.75) is 19.0 Å². The average Bonchev–Trinajstić information content (AvgIpc) is 2.86. The van der Waals surface area contributed by atoms with Crippen LogP contribution >= 0.6 is 15.9 Å². The number of hydrogen-bond acceptors (Lipinski definition) is 5. The quantitative estimate of drug-likeness (QED) is 0.198. The van der Waals surface area contributed by atoms with E-state index in [2.05, 4.69) is 26.2 Å². The Morgan fingerprint density at radius 3 is 2.50 bits per heavy atom. The molecule has 2 heterocycles. The first-order chi connectivity index (χ1) is 18.0. The largest absolute Gasteiger partial charge is 0.481 e. The topological polar surface area (TPSA) is 95.0 Å². The van der Waals surface area contributed by atoms with Crippen molar-refractivity contribution in [3.05, 3.63) is 75.6 Å². The third-order valence-electron chi connectivity index (χ3n) is 5.91. The van der Waals surface area contributed by atoms with Gasteiger partial charge in [0.25, 0.3) is 5.91 Å². The lowest BCUT2D eigenvalue weighted by molar-refractivity contribution is -0.137. The third kappa shape index (κ3) is 5.67. The van der Waals surface area contributed by atoms with E-state index in [0.717, 1.165) is 18.2 Å². The van der Waals surface area contributed by atoms with Gasteiger partial charge in [-0.25, -0.2) is 14.2 Å². The molecule has 1 aromatic heterocycles. The minimum absolute atomic E-state index is 0.00906. The minimum atomic E-state index is -4.65. The Bertz CT molecular complexity index is 1390. The molecular formula is C25H21BrF4N4O4. The van der Waals surface area contributed by atoms with E-state index < -0.39 is 29.6 Å². The Labute approximate surface area is 223 Å². The monoisotopic (exact) mass is 596 g/mol. The van der Waals surface area contributed by atoms with E-state index in [1.54, 1.807) is 12.1 Å². The van der Waals surface area contributed by atoms with E-state index >= 15 is 0 Å². The molecule has 0 bridgehead atoms. The van der Waals surface area contributed by atoms with Crippen molar-refractivity contribution in [2.75, 3.05) is 30.1 Å². The standard InChI is InChI=1S/C25H21BrF4N4O4/c1-38-21-9-8-19(22(26)32-21)34-13-33(20-12-15(25(28,29)30)4-6-17(20)23(34)35)18-7-5-16(27)11-14(18)3-2-10-31-24(36)37/h4-9,11-12,31H,2-3,10,13H2,1H3,(H,36,37). The number of alkyl halides is 3. The van der Waals surface area contributed by atoms with E-state index in [4.69, 9.17) is 9.84 Å². The lowest BCUT2D eigenvalue weighted by Crippen LogP contribution is -2.45. The maximum atomic E-state index is 14.2. The summed E-state index contributed by atoms with van der Waals surface area (Å²) in [5, 5.41) is 11.0. The van der Waals surface area contributed by atoms with Crippen LogP contribution in [0.15, 0.2) is 53.1 Å². The number of pyridine rings is 1. The van der Waals surface area contributed by atoms with Crippen LogP contribution in [0, 0.1) is 5.82 Å². The van der Waals surface area contributed by atoms with Crippen molar-refractivity contribution in [3.8, 4) is 5.88 Å². The van der Waals surface area contributed by atoms with Gasteiger partial charge in [0.15, 0.2) is 0 Å². The third-order valence-corrected chi connectivity index (χ3v) is 6.49. The maximum absolute atomic E-state index is 14.2. The summed E-state index contributed by atoms with van der Waals surface area (Å²) in [6, 6.07) is 9.82. The summed E-state index contributed by atoms with van der Waals surface area (Å²) in [6.07, 6.45) is -5.33. The first kappa shape index (κ1) is 27.2. The van der Waals surface area contributed by atoms with Crippen molar-refractivity contribution in [2.24, 2.45) is 0 Å². The number of anilines is 3. The molecule has 2 aromatic carbocycles. The number of halogens is 5. The van der Waals surface area contributed by atoms with E-state index in [1.165, 1.54) is 35.1 Å². The zero-order chi connectivity index (χ0) is 27.6. The van der Waals surface area contributed by atoms with Gasteiger partial charge in [0.2, 0.25) is 5.88 Å². The van der Waals surface area contributed by atoms with Crippen molar-refractivity contribution in [3.63, 3.8) is 0 Å². The van der Waals surface area contributed by atoms with Gasteiger partial charge in [-0.15, -0.1) is 0 Å². The molecule has 0 unspecified atom stereocenters. The lowest BCUT2D eigenvalue weighted by atomic mass is 10.0. The summed E-state index contributed by atoms with van der Waals surface area (Å²) in [4.78, 5) is 31.3. The summed E-state index contributed by atoms with van der Waals surface area (Å²) in [7, 11) is 1.43. The SMILES string of the molecule is COc1ccc(N2CN(c3ccc(F)cc3CCCNC(=O)O)c3cc(C(F)(F)F)ccc3C2=O)c(Br)n1. The molecule has 200 valence electrons. The summed E-state index contributed by atoms with van der Waals surface area (Å²) in [6.45, 7) is -0.110. The van der Waals surface area contributed by atoms with Crippen LogP contribution in [-0.2, 0) is 12.6 Å². The molecule has 8 nitrogen and oxygen atoms in total. The highest BCUT2D eigenvalue weighted by atomic mass is 79.9. The van der Waals surface area contributed by atoms with Gasteiger partial charge >= 0.3 is 12.3 Å². The van der Waals surface area contributed by atoms with Crippen LogP contribution in [0.2, 0.25) is 0 Å². The van der Waals surface area contributed by atoms with Gasteiger partial charge in [-0.1, -0.05) is 0 Å². The van der Waals surface area contributed by atoms with Gasteiger partial charge in [-0.05, 0) is 76.8 Å². The summed E-state index contributed by atoms with van der Waals surface area (Å²) in [5.74, 6) is -0.828. The Morgan fingerprint density at radius 2 is 1.84 bits per heavy atom. The number of aryl methyl sites for hydroxylation is 1. The number of methoxy groups -OCH3 is 1. The number of benzene rings is 2. The van der Waals surface area contributed by atoms with Crippen LogP contribution in [-0.4, -0.2) is 42.4 Å². The molecule has 2 N–H and O–H groups in total. The predicted molar refractivity (Wildman–Crippen MR) is 134 cm³/mol. The number of aromatic nitrogens is 1. The number of carboxylic acid groups (broad SMARTS) is 1. The number of amides is 2. The summed E-state index contributed by atoms with van der Waals surface area (Å²) in [5.41, 5.74) is 0.230. The fourth-order valence-corrected chi connectivity index (χ4v) is 4.67. The zero-order valence-electron chi connectivity index (χ0n) is 19.9. The highest BCUT2D eigenvalue weighted by Gasteiger charge is 2.37. The number of carbonyl (C=O) groups excluding carboxylic acids is 1. The van der Waals surface area contributed by atoms with Crippen molar-refractivity contribution >= 4 is 45.0 Å².